The van der Waals surface area contributed by atoms with Crippen LogP contribution in [0.3, 0.4) is 0 Å². The van der Waals surface area contributed by atoms with Crippen LogP contribution in [0.4, 0.5) is 13.2 Å². The molecular formula is C19H18ClF3N2O3S. The molecule has 0 radical (unpaired) electrons. The van der Waals surface area contributed by atoms with Crippen molar-refractivity contribution in [3.8, 4) is 0 Å². The van der Waals surface area contributed by atoms with Gasteiger partial charge in [0.2, 0.25) is 10.0 Å². The second-order valence-corrected chi connectivity index (χ2v) is 8.81. The molecular weight excluding hydrogens is 429 g/mol. The summed E-state index contributed by atoms with van der Waals surface area (Å²) in [5.74, 6) is -0.230. The fraction of sp³-hybridized carbons (Fsp3) is 0.316. The van der Waals surface area contributed by atoms with E-state index in [1.54, 1.807) is 30.3 Å². The van der Waals surface area contributed by atoms with Gasteiger partial charge in [-0.15, -0.1) is 0 Å². The van der Waals surface area contributed by atoms with E-state index in [-0.39, 0.29) is 17.5 Å². The molecule has 5 nitrogen and oxygen atoms in total. The number of amides is 1. The first-order chi connectivity index (χ1) is 13.6. The molecule has 1 heterocycles. The Labute approximate surface area is 171 Å². The monoisotopic (exact) mass is 446 g/mol. The number of piperidine rings is 1. The van der Waals surface area contributed by atoms with Gasteiger partial charge in [-0.3, -0.25) is 4.79 Å². The van der Waals surface area contributed by atoms with Crippen molar-refractivity contribution < 1.29 is 26.4 Å². The van der Waals surface area contributed by atoms with Gasteiger partial charge in [-0.2, -0.15) is 13.2 Å². The number of carbonyl (C=O) groups is 1. The highest BCUT2D eigenvalue weighted by Crippen LogP contribution is 2.33. The predicted molar refractivity (Wildman–Crippen MR) is 102 cm³/mol. The Morgan fingerprint density at radius 2 is 1.83 bits per heavy atom. The molecule has 156 valence electrons. The number of hydrogen-bond acceptors (Lipinski definition) is 3. The summed E-state index contributed by atoms with van der Waals surface area (Å²) in [6.45, 7) is 0.583. The maximum Gasteiger partial charge on any atom is 0.416 e. The standard InChI is InChI=1S/C19H18ClF3N2O3S/c20-16-9-8-14(19(21,22)23)11-17(16)29(27,28)24-15-7-4-10-25(12-15)18(26)13-5-2-1-3-6-13/h1-3,5-6,8-9,11,15,24H,4,7,10,12H2. The quantitative estimate of drug-likeness (QED) is 0.773. The first-order valence-corrected chi connectivity index (χ1v) is 10.7. The van der Waals surface area contributed by atoms with Crippen molar-refractivity contribution in [3.63, 3.8) is 0 Å². The van der Waals surface area contributed by atoms with Gasteiger partial charge in [-0.1, -0.05) is 29.8 Å². The van der Waals surface area contributed by atoms with Crippen molar-refractivity contribution in [2.24, 2.45) is 0 Å². The van der Waals surface area contributed by atoms with Crippen LogP contribution in [-0.4, -0.2) is 38.4 Å². The number of likely N-dealkylation sites (tertiary alicyclic amines) is 1. The second kappa shape index (κ2) is 8.33. The van der Waals surface area contributed by atoms with Gasteiger partial charge in [0.25, 0.3) is 5.91 Å². The van der Waals surface area contributed by atoms with Gasteiger partial charge in [-0.25, -0.2) is 13.1 Å². The van der Waals surface area contributed by atoms with E-state index in [0.717, 1.165) is 12.1 Å². The average molecular weight is 447 g/mol. The van der Waals surface area contributed by atoms with E-state index in [0.29, 0.717) is 31.0 Å². The van der Waals surface area contributed by atoms with Crippen molar-refractivity contribution in [2.45, 2.75) is 30.0 Å². The van der Waals surface area contributed by atoms with E-state index in [9.17, 15) is 26.4 Å². The molecule has 1 amide bonds. The highest BCUT2D eigenvalue weighted by Gasteiger charge is 2.34. The van der Waals surface area contributed by atoms with E-state index in [4.69, 9.17) is 11.6 Å². The summed E-state index contributed by atoms with van der Waals surface area (Å²) < 4.78 is 66.6. The number of hydrogen-bond donors (Lipinski definition) is 1. The number of carbonyl (C=O) groups excluding carboxylic acids is 1. The molecule has 1 atom stereocenters. The Bertz CT molecular complexity index is 998. The van der Waals surface area contributed by atoms with Gasteiger partial charge in [0, 0.05) is 24.7 Å². The zero-order chi connectivity index (χ0) is 21.2. The van der Waals surface area contributed by atoms with Crippen LogP contribution in [0.1, 0.15) is 28.8 Å². The molecule has 0 saturated carbocycles. The van der Waals surface area contributed by atoms with Crippen LogP contribution in [0.5, 0.6) is 0 Å². The fourth-order valence-electron chi connectivity index (χ4n) is 3.19. The van der Waals surface area contributed by atoms with Crippen LogP contribution in [0.25, 0.3) is 0 Å². The summed E-state index contributed by atoms with van der Waals surface area (Å²) in [5, 5.41) is -0.307. The molecule has 1 saturated heterocycles. The lowest BCUT2D eigenvalue weighted by atomic mass is 10.1. The number of alkyl halides is 3. The first kappa shape index (κ1) is 21.6. The molecule has 0 aliphatic carbocycles. The molecule has 2 aromatic rings. The maximum atomic E-state index is 12.9. The zero-order valence-corrected chi connectivity index (χ0v) is 16.7. The molecule has 29 heavy (non-hydrogen) atoms. The predicted octanol–water partition coefficient (Wildman–Crippen LogP) is 3.94. The summed E-state index contributed by atoms with van der Waals surface area (Å²) in [4.78, 5) is 13.5. The highest BCUT2D eigenvalue weighted by atomic mass is 35.5. The number of benzene rings is 2. The van der Waals surface area contributed by atoms with Gasteiger partial charge in [-0.05, 0) is 43.2 Å². The van der Waals surface area contributed by atoms with Crippen molar-refractivity contribution in [1.82, 2.24) is 9.62 Å². The molecule has 0 spiro atoms. The molecule has 1 N–H and O–H groups in total. The van der Waals surface area contributed by atoms with Gasteiger partial charge in [0.1, 0.15) is 4.90 Å². The van der Waals surface area contributed by atoms with Crippen molar-refractivity contribution in [1.29, 1.82) is 0 Å². The zero-order valence-electron chi connectivity index (χ0n) is 15.1. The number of halogens is 4. The van der Waals surface area contributed by atoms with Crippen LogP contribution < -0.4 is 4.72 Å². The summed E-state index contributed by atoms with van der Waals surface area (Å²) in [5.41, 5.74) is -0.622. The molecule has 0 bridgehead atoms. The Kier molecular flexibility index (Phi) is 6.21. The smallest absolute Gasteiger partial charge is 0.337 e. The van der Waals surface area contributed by atoms with E-state index in [1.807, 2.05) is 0 Å². The topological polar surface area (TPSA) is 66.5 Å². The largest absolute Gasteiger partial charge is 0.416 e. The Balaban J connectivity index is 1.78. The third kappa shape index (κ3) is 5.09. The number of nitrogens with zero attached hydrogens (tertiary/aromatic N) is 1. The minimum Gasteiger partial charge on any atom is -0.337 e. The average Bonchev–Trinajstić information content (AvgIpc) is 2.67. The van der Waals surface area contributed by atoms with Crippen molar-refractivity contribution in [2.75, 3.05) is 13.1 Å². The SMILES string of the molecule is O=C(c1ccccc1)N1CCCC(NS(=O)(=O)c2cc(C(F)(F)F)ccc2Cl)C1. The summed E-state index contributed by atoms with van der Waals surface area (Å²) >= 11 is 5.86. The molecule has 1 aliphatic heterocycles. The Morgan fingerprint density at radius 3 is 2.48 bits per heavy atom. The normalized spacial score (nSPS) is 17.9. The molecule has 2 aromatic carbocycles. The minimum atomic E-state index is -4.70. The van der Waals surface area contributed by atoms with Crippen LogP contribution in [-0.2, 0) is 16.2 Å². The van der Waals surface area contributed by atoms with Crippen LogP contribution in [0.2, 0.25) is 5.02 Å². The third-order valence-corrected chi connectivity index (χ3v) is 6.60. The fourth-order valence-corrected chi connectivity index (χ4v) is 4.98. The van der Waals surface area contributed by atoms with Gasteiger partial charge in [0.05, 0.1) is 10.6 Å². The van der Waals surface area contributed by atoms with E-state index < -0.39 is 32.7 Å². The van der Waals surface area contributed by atoms with Crippen LogP contribution in [0.15, 0.2) is 53.4 Å². The molecule has 1 unspecified atom stereocenters. The molecule has 10 heteroatoms. The first-order valence-electron chi connectivity index (χ1n) is 8.81. The molecule has 1 aliphatic rings. The van der Waals surface area contributed by atoms with Gasteiger partial charge < -0.3 is 4.90 Å². The van der Waals surface area contributed by atoms with Crippen molar-refractivity contribution >= 4 is 27.5 Å². The van der Waals surface area contributed by atoms with E-state index >= 15 is 0 Å². The lowest BCUT2D eigenvalue weighted by Crippen LogP contribution is -2.49. The third-order valence-electron chi connectivity index (χ3n) is 4.60. The lowest BCUT2D eigenvalue weighted by Gasteiger charge is -2.33. The summed E-state index contributed by atoms with van der Waals surface area (Å²) in [7, 11) is -4.31. The molecule has 0 aromatic heterocycles. The van der Waals surface area contributed by atoms with Crippen LogP contribution >= 0.6 is 11.6 Å². The van der Waals surface area contributed by atoms with Gasteiger partial charge in [0.15, 0.2) is 0 Å². The number of rotatable bonds is 4. The van der Waals surface area contributed by atoms with Crippen LogP contribution in [0, 0.1) is 0 Å². The van der Waals surface area contributed by atoms with Gasteiger partial charge >= 0.3 is 6.18 Å². The maximum absolute atomic E-state index is 12.9. The van der Waals surface area contributed by atoms with E-state index in [2.05, 4.69) is 4.72 Å². The summed E-state index contributed by atoms with van der Waals surface area (Å²) in [6, 6.07) is 10.1. The van der Waals surface area contributed by atoms with E-state index in [1.165, 1.54) is 4.90 Å². The van der Waals surface area contributed by atoms with Crippen molar-refractivity contribution in [3.05, 3.63) is 64.7 Å². The molecule has 1 fully saturated rings. The second-order valence-electron chi connectivity index (χ2n) is 6.72. The summed E-state index contributed by atoms with van der Waals surface area (Å²) in [6.07, 6.45) is -3.69. The highest BCUT2D eigenvalue weighted by molar-refractivity contribution is 7.89. The lowest BCUT2D eigenvalue weighted by molar-refractivity contribution is -0.137. The minimum absolute atomic E-state index is 0.115. The number of nitrogens with one attached hydrogen (secondary N) is 1. The molecule has 3 rings (SSSR count). The number of sulfonamides is 1. The Hall–Kier alpha value is -2.10. The Morgan fingerprint density at radius 1 is 1.14 bits per heavy atom.